The summed E-state index contributed by atoms with van der Waals surface area (Å²) in [6.45, 7) is 2.97. The Morgan fingerprint density at radius 3 is 2.58 bits per heavy atom. The Labute approximate surface area is 160 Å². The second kappa shape index (κ2) is 7.15. The molecule has 2 N–H and O–H groups in total. The molecular weight excluding hydrogens is 373 g/mol. The van der Waals surface area contributed by atoms with Gasteiger partial charge in [-0.15, -0.1) is 0 Å². The fraction of sp³-hybridized carbons (Fsp3) is 0.222. The highest BCUT2D eigenvalue weighted by atomic mass is 35.5. The molecule has 0 atom stereocenters. The van der Waals surface area contributed by atoms with Crippen molar-refractivity contribution in [2.45, 2.75) is 0 Å². The number of hydrogen-bond acceptors (Lipinski definition) is 3. The van der Waals surface area contributed by atoms with E-state index < -0.39 is 0 Å². The molecule has 3 heterocycles. The molecule has 26 heavy (non-hydrogen) atoms. The number of pyridine rings is 1. The van der Waals surface area contributed by atoms with Crippen LogP contribution in [0.25, 0.3) is 16.6 Å². The van der Waals surface area contributed by atoms with Gasteiger partial charge in [0.2, 0.25) is 0 Å². The number of halogens is 2. The molecule has 1 aliphatic heterocycles. The smallest absolute Gasteiger partial charge is 0.321 e. The molecule has 0 saturated carbocycles. The monoisotopic (exact) mass is 389 g/mol. The van der Waals surface area contributed by atoms with Crippen LogP contribution in [0.1, 0.15) is 0 Å². The summed E-state index contributed by atoms with van der Waals surface area (Å²) in [4.78, 5) is 18.6. The fourth-order valence-corrected chi connectivity index (χ4v) is 3.48. The largest absolute Gasteiger partial charge is 0.322 e. The van der Waals surface area contributed by atoms with E-state index in [-0.39, 0.29) is 6.03 Å². The van der Waals surface area contributed by atoms with Crippen molar-refractivity contribution in [3.63, 3.8) is 0 Å². The average Bonchev–Trinajstić information content (AvgIpc) is 3.03. The number of fused-ring (bicyclic) bond motifs is 1. The number of urea groups is 1. The Hall–Kier alpha value is -2.28. The Kier molecular flexibility index (Phi) is 4.72. The molecule has 0 unspecified atom stereocenters. The lowest BCUT2D eigenvalue weighted by atomic mass is 10.3. The van der Waals surface area contributed by atoms with Crippen LogP contribution in [0.4, 0.5) is 10.5 Å². The molecule has 1 aliphatic rings. The number of anilines is 1. The predicted octanol–water partition coefficient (Wildman–Crippen LogP) is 3.77. The number of benzene rings is 1. The van der Waals surface area contributed by atoms with Crippen molar-refractivity contribution in [1.82, 2.24) is 19.8 Å². The van der Waals surface area contributed by atoms with Crippen LogP contribution in [0.3, 0.4) is 0 Å². The van der Waals surface area contributed by atoms with Gasteiger partial charge in [-0.3, -0.25) is 0 Å². The second-order valence-corrected chi connectivity index (χ2v) is 6.85. The summed E-state index contributed by atoms with van der Waals surface area (Å²) in [5, 5.41) is 8.11. The third kappa shape index (κ3) is 3.23. The molecule has 0 bridgehead atoms. The van der Waals surface area contributed by atoms with Gasteiger partial charge in [-0.2, -0.15) is 0 Å². The van der Waals surface area contributed by atoms with E-state index in [9.17, 15) is 4.79 Å². The Morgan fingerprint density at radius 1 is 1.12 bits per heavy atom. The van der Waals surface area contributed by atoms with Crippen molar-refractivity contribution in [2.24, 2.45) is 0 Å². The maximum absolute atomic E-state index is 12.6. The van der Waals surface area contributed by atoms with Crippen molar-refractivity contribution >= 4 is 45.8 Å². The minimum atomic E-state index is -0.116. The molecule has 3 aromatic rings. The van der Waals surface area contributed by atoms with Crippen LogP contribution in [0.2, 0.25) is 10.2 Å². The summed E-state index contributed by atoms with van der Waals surface area (Å²) >= 11 is 12.3. The summed E-state index contributed by atoms with van der Waals surface area (Å²) in [7, 11) is 0. The zero-order chi connectivity index (χ0) is 18.1. The number of amides is 2. The highest BCUT2D eigenvalue weighted by Gasteiger charge is 2.19. The maximum atomic E-state index is 12.6. The van der Waals surface area contributed by atoms with E-state index in [1.54, 1.807) is 11.1 Å². The molecule has 8 heteroatoms. The van der Waals surface area contributed by atoms with Gasteiger partial charge in [0, 0.05) is 54.7 Å². The zero-order valence-electron chi connectivity index (χ0n) is 13.9. The minimum absolute atomic E-state index is 0.116. The van der Waals surface area contributed by atoms with Gasteiger partial charge in [0.15, 0.2) is 5.15 Å². The van der Waals surface area contributed by atoms with Gasteiger partial charge in [0.05, 0.1) is 11.2 Å². The topological polar surface area (TPSA) is 62.2 Å². The van der Waals surface area contributed by atoms with E-state index >= 15 is 0 Å². The molecule has 2 aromatic heterocycles. The first-order valence-corrected chi connectivity index (χ1v) is 9.07. The van der Waals surface area contributed by atoms with Crippen LogP contribution in [0.5, 0.6) is 0 Å². The molecule has 134 valence electrons. The van der Waals surface area contributed by atoms with E-state index in [1.807, 2.05) is 41.1 Å². The molecule has 1 saturated heterocycles. The van der Waals surface area contributed by atoms with Crippen molar-refractivity contribution in [3.05, 3.63) is 52.9 Å². The maximum Gasteiger partial charge on any atom is 0.321 e. The summed E-state index contributed by atoms with van der Waals surface area (Å²) < 4.78 is 1.91. The molecule has 1 aromatic carbocycles. The van der Waals surface area contributed by atoms with Crippen LogP contribution in [-0.2, 0) is 0 Å². The molecule has 1 fully saturated rings. The summed E-state index contributed by atoms with van der Waals surface area (Å²) in [6, 6.07) is 9.15. The summed E-state index contributed by atoms with van der Waals surface area (Å²) in [6.07, 6.45) is 3.50. The Morgan fingerprint density at radius 2 is 1.85 bits per heavy atom. The number of rotatable bonds is 2. The van der Waals surface area contributed by atoms with Gasteiger partial charge in [0.25, 0.3) is 0 Å². The molecule has 6 nitrogen and oxygen atoms in total. The van der Waals surface area contributed by atoms with E-state index in [4.69, 9.17) is 23.2 Å². The van der Waals surface area contributed by atoms with Gasteiger partial charge in [-0.05, 0) is 30.3 Å². The van der Waals surface area contributed by atoms with E-state index in [2.05, 4.69) is 15.6 Å². The molecule has 0 aliphatic carbocycles. The number of nitrogens with one attached hydrogen (secondary N) is 2. The Bertz CT molecular complexity index is 948. The number of piperazine rings is 1. The number of carbonyl (C=O) groups excluding carboxylic acids is 1. The van der Waals surface area contributed by atoms with Crippen LogP contribution in [0, 0.1) is 0 Å². The van der Waals surface area contributed by atoms with E-state index in [1.165, 1.54) is 0 Å². The van der Waals surface area contributed by atoms with Crippen LogP contribution in [0.15, 0.2) is 42.7 Å². The first kappa shape index (κ1) is 17.1. The summed E-state index contributed by atoms with van der Waals surface area (Å²) in [5.74, 6) is 0. The van der Waals surface area contributed by atoms with Gasteiger partial charge in [-0.1, -0.05) is 23.2 Å². The normalized spacial score (nSPS) is 14.6. The SMILES string of the molecule is O=C(Nc1cn(-c2ccc(Cl)cc2)c2c(Cl)nccc12)N1CCNCC1. The standard InChI is InChI=1S/C18H17Cl2N5O/c19-12-1-3-13(4-2-12)25-11-15(14-5-6-22-17(20)16(14)25)23-18(26)24-9-7-21-8-10-24/h1-6,11,21H,7-10H2,(H,23,26). The van der Waals surface area contributed by atoms with Gasteiger partial charge in [-0.25, -0.2) is 9.78 Å². The van der Waals surface area contributed by atoms with E-state index in [0.717, 1.165) is 29.7 Å². The van der Waals surface area contributed by atoms with Gasteiger partial charge < -0.3 is 20.1 Å². The predicted molar refractivity (Wildman–Crippen MR) is 105 cm³/mol. The quantitative estimate of drug-likeness (QED) is 0.655. The van der Waals surface area contributed by atoms with Crippen molar-refractivity contribution < 1.29 is 4.79 Å². The van der Waals surface area contributed by atoms with Crippen molar-refractivity contribution in [3.8, 4) is 5.69 Å². The van der Waals surface area contributed by atoms with Crippen LogP contribution < -0.4 is 10.6 Å². The number of hydrogen-bond donors (Lipinski definition) is 2. The fourth-order valence-electron chi connectivity index (χ4n) is 3.11. The number of aromatic nitrogens is 2. The van der Waals surface area contributed by atoms with Gasteiger partial charge in [0.1, 0.15) is 0 Å². The lowest BCUT2D eigenvalue weighted by molar-refractivity contribution is 0.204. The molecule has 2 amide bonds. The first-order valence-electron chi connectivity index (χ1n) is 8.31. The third-order valence-electron chi connectivity index (χ3n) is 4.42. The lowest BCUT2D eigenvalue weighted by Crippen LogP contribution is -2.48. The highest BCUT2D eigenvalue weighted by Crippen LogP contribution is 2.33. The van der Waals surface area contributed by atoms with Crippen molar-refractivity contribution in [2.75, 3.05) is 31.5 Å². The minimum Gasteiger partial charge on any atom is -0.322 e. The molecule has 0 radical (unpaired) electrons. The number of nitrogens with zero attached hydrogens (tertiary/aromatic N) is 3. The van der Waals surface area contributed by atoms with Crippen LogP contribution in [-0.4, -0.2) is 46.7 Å². The summed E-state index contributed by atoms with van der Waals surface area (Å²) in [5.41, 5.74) is 2.33. The van der Waals surface area contributed by atoms with E-state index in [0.29, 0.717) is 29.0 Å². The zero-order valence-corrected chi connectivity index (χ0v) is 15.4. The highest BCUT2D eigenvalue weighted by molar-refractivity contribution is 6.34. The Balaban J connectivity index is 1.74. The first-order chi connectivity index (χ1) is 12.6. The number of carbonyl (C=O) groups is 1. The molecular formula is C18H17Cl2N5O. The van der Waals surface area contributed by atoms with Crippen molar-refractivity contribution in [1.29, 1.82) is 0 Å². The van der Waals surface area contributed by atoms with Gasteiger partial charge >= 0.3 is 6.03 Å². The second-order valence-electron chi connectivity index (χ2n) is 6.05. The third-order valence-corrected chi connectivity index (χ3v) is 4.95. The average molecular weight is 390 g/mol. The lowest BCUT2D eigenvalue weighted by Gasteiger charge is -2.27. The molecule has 4 rings (SSSR count). The van der Waals surface area contributed by atoms with Crippen LogP contribution >= 0.6 is 23.2 Å². The molecule has 0 spiro atoms.